The molecule has 0 radical (unpaired) electrons. The summed E-state index contributed by atoms with van der Waals surface area (Å²) in [6.45, 7) is 4.66. The van der Waals surface area contributed by atoms with Crippen molar-refractivity contribution < 1.29 is 24.5 Å². The van der Waals surface area contributed by atoms with Crippen LogP contribution < -0.4 is 10.1 Å². The molecule has 0 saturated heterocycles. The maximum Gasteiger partial charge on any atom is 0.320 e. The van der Waals surface area contributed by atoms with Gasteiger partial charge in [0, 0.05) is 6.54 Å². The topological polar surface area (TPSA) is 95.9 Å². The first kappa shape index (κ1) is 22.2. The van der Waals surface area contributed by atoms with Crippen molar-refractivity contribution in [3.8, 4) is 5.75 Å². The van der Waals surface area contributed by atoms with Crippen LogP contribution in [0.5, 0.6) is 5.75 Å². The second-order valence-corrected chi connectivity index (χ2v) is 8.20. The predicted molar refractivity (Wildman–Crippen MR) is 108 cm³/mol. The summed E-state index contributed by atoms with van der Waals surface area (Å²) in [6, 6.07) is 6.37. The van der Waals surface area contributed by atoms with Crippen molar-refractivity contribution >= 4 is 11.9 Å². The Labute approximate surface area is 167 Å². The van der Waals surface area contributed by atoms with Crippen LogP contribution in [0.25, 0.3) is 0 Å². The molecular weight excluding hydrogens is 358 g/mol. The van der Waals surface area contributed by atoms with Gasteiger partial charge >= 0.3 is 11.9 Å². The third kappa shape index (κ3) is 7.15. The Hall–Kier alpha value is -2.08. The zero-order valence-electron chi connectivity index (χ0n) is 16.9. The largest absolute Gasteiger partial charge is 0.493 e. The number of carboxylic acid groups (broad SMARTS) is 2. The molecule has 1 fully saturated rings. The normalized spacial score (nSPS) is 17.2. The van der Waals surface area contributed by atoms with Gasteiger partial charge in [-0.05, 0) is 48.8 Å². The molecule has 1 saturated carbocycles. The van der Waals surface area contributed by atoms with Crippen LogP contribution in [0, 0.1) is 11.8 Å². The lowest BCUT2D eigenvalue weighted by Crippen LogP contribution is -2.41. The smallest absolute Gasteiger partial charge is 0.320 e. The molecule has 6 nitrogen and oxygen atoms in total. The lowest BCUT2D eigenvalue weighted by Gasteiger charge is -2.22. The molecule has 3 N–H and O–H groups in total. The number of carboxylic acids is 2. The molecule has 1 aromatic rings. The molecule has 1 aliphatic rings. The Morgan fingerprint density at radius 2 is 1.71 bits per heavy atom. The van der Waals surface area contributed by atoms with Crippen molar-refractivity contribution in [2.45, 2.75) is 64.3 Å². The van der Waals surface area contributed by atoms with Crippen molar-refractivity contribution in [2.24, 2.45) is 11.8 Å². The average Bonchev–Trinajstić information content (AvgIpc) is 2.66. The standard InChI is InChI=1S/C22H33NO5/c1-15(2)12-20(22(26)27)23-13-19(21(24)25)17-8-10-18(11-9-17)28-14-16-6-4-3-5-7-16/h8-11,15-16,19-20,23H,3-7,12-14H2,1-2H3,(H,24,25)(H,26,27). The van der Waals surface area contributed by atoms with Crippen molar-refractivity contribution in [2.75, 3.05) is 13.2 Å². The van der Waals surface area contributed by atoms with Gasteiger partial charge < -0.3 is 20.3 Å². The summed E-state index contributed by atoms with van der Waals surface area (Å²) in [5.74, 6) is -1.17. The van der Waals surface area contributed by atoms with E-state index in [1.807, 2.05) is 13.8 Å². The molecule has 0 aromatic heterocycles. The lowest BCUT2D eigenvalue weighted by atomic mass is 9.90. The minimum atomic E-state index is -0.975. The molecule has 156 valence electrons. The van der Waals surface area contributed by atoms with Gasteiger partial charge in [-0.2, -0.15) is 0 Å². The number of rotatable bonds is 11. The number of nitrogens with one attached hydrogen (secondary N) is 1. The molecule has 0 aliphatic heterocycles. The second kappa shape index (κ2) is 11.1. The molecule has 2 unspecified atom stereocenters. The molecule has 1 aliphatic carbocycles. The van der Waals surface area contributed by atoms with Crippen LogP contribution in [-0.4, -0.2) is 41.3 Å². The van der Waals surface area contributed by atoms with Crippen molar-refractivity contribution in [3.63, 3.8) is 0 Å². The van der Waals surface area contributed by atoms with Crippen LogP contribution in [0.4, 0.5) is 0 Å². The highest BCUT2D eigenvalue weighted by atomic mass is 16.5. The third-order valence-electron chi connectivity index (χ3n) is 5.36. The van der Waals surface area contributed by atoms with E-state index < -0.39 is 23.9 Å². The predicted octanol–water partition coefficient (Wildman–Crippen LogP) is 3.90. The van der Waals surface area contributed by atoms with Crippen LogP contribution >= 0.6 is 0 Å². The molecule has 2 rings (SSSR count). The van der Waals surface area contributed by atoms with E-state index in [-0.39, 0.29) is 12.5 Å². The van der Waals surface area contributed by atoms with Crippen LogP contribution in [0.1, 0.15) is 63.9 Å². The number of benzene rings is 1. The van der Waals surface area contributed by atoms with Gasteiger partial charge in [-0.15, -0.1) is 0 Å². The van der Waals surface area contributed by atoms with Gasteiger partial charge in [0.1, 0.15) is 11.8 Å². The zero-order chi connectivity index (χ0) is 20.5. The number of hydrogen-bond donors (Lipinski definition) is 3. The summed E-state index contributed by atoms with van der Waals surface area (Å²) in [7, 11) is 0. The minimum Gasteiger partial charge on any atom is -0.493 e. The van der Waals surface area contributed by atoms with Crippen molar-refractivity contribution in [1.82, 2.24) is 5.32 Å². The molecule has 6 heteroatoms. The third-order valence-corrected chi connectivity index (χ3v) is 5.36. The summed E-state index contributed by atoms with van der Waals surface area (Å²) in [5, 5.41) is 21.8. The fraction of sp³-hybridized carbons (Fsp3) is 0.636. The van der Waals surface area contributed by atoms with E-state index in [0.29, 0.717) is 24.5 Å². The molecule has 28 heavy (non-hydrogen) atoms. The number of aliphatic carboxylic acids is 2. The van der Waals surface area contributed by atoms with E-state index >= 15 is 0 Å². The SMILES string of the molecule is CC(C)CC(NCC(C(=O)O)c1ccc(OCC2CCCCC2)cc1)C(=O)O. The van der Waals surface area contributed by atoms with Crippen LogP contribution in [0.2, 0.25) is 0 Å². The number of hydrogen-bond acceptors (Lipinski definition) is 4. The van der Waals surface area contributed by atoms with E-state index in [1.165, 1.54) is 32.1 Å². The van der Waals surface area contributed by atoms with E-state index in [9.17, 15) is 19.8 Å². The molecule has 1 aromatic carbocycles. The fourth-order valence-electron chi connectivity index (χ4n) is 3.71. The van der Waals surface area contributed by atoms with Gasteiger partial charge in [0.05, 0.1) is 12.5 Å². The van der Waals surface area contributed by atoms with Crippen LogP contribution in [0.15, 0.2) is 24.3 Å². The quantitative estimate of drug-likeness (QED) is 0.529. The average molecular weight is 392 g/mol. The van der Waals surface area contributed by atoms with Crippen molar-refractivity contribution in [3.05, 3.63) is 29.8 Å². The van der Waals surface area contributed by atoms with Gasteiger partial charge in [-0.3, -0.25) is 9.59 Å². The van der Waals surface area contributed by atoms with E-state index in [1.54, 1.807) is 24.3 Å². The monoisotopic (exact) mass is 391 g/mol. The lowest BCUT2D eigenvalue weighted by molar-refractivity contribution is -0.142. The summed E-state index contributed by atoms with van der Waals surface area (Å²) in [6.07, 6.45) is 6.74. The van der Waals surface area contributed by atoms with Gasteiger partial charge in [0.15, 0.2) is 0 Å². The highest BCUT2D eigenvalue weighted by Gasteiger charge is 2.24. The second-order valence-electron chi connectivity index (χ2n) is 8.20. The molecule has 0 heterocycles. The molecule has 0 spiro atoms. The van der Waals surface area contributed by atoms with E-state index in [0.717, 1.165) is 5.75 Å². The number of carbonyl (C=O) groups is 2. The maximum atomic E-state index is 11.7. The Morgan fingerprint density at radius 1 is 1.07 bits per heavy atom. The van der Waals surface area contributed by atoms with Crippen LogP contribution in [-0.2, 0) is 9.59 Å². The molecule has 0 amide bonds. The zero-order valence-corrected chi connectivity index (χ0v) is 16.9. The van der Waals surface area contributed by atoms with Gasteiger partial charge in [-0.25, -0.2) is 0 Å². The van der Waals surface area contributed by atoms with Gasteiger partial charge in [-0.1, -0.05) is 45.2 Å². The summed E-state index contributed by atoms with van der Waals surface area (Å²) in [5.41, 5.74) is 0.638. The van der Waals surface area contributed by atoms with Crippen molar-refractivity contribution in [1.29, 1.82) is 0 Å². The minimum absolute atomic E-state index is 0.0707. The molecule has 0 bridgehead atoms. The summed E-state index contributed by atoms with van der Waals surface area (Å²) in [4.78, 5) is 23.1. The van der Waals surface area contributed by atoms with Crippen LogP contribution in [0.3, 0.4) is 0 Å². The first-order valence-electron chi connectivity index (χ1n) is 10.3. The Kier molecular flexibility index (Phi) is 8.77. The van der Waals surface area contributed by atoms with Gasteiger partial charge in [0.25, 0.3) is 0 Å². The first-order chi connectivity index (χ1) is 13.4. The molecular formula is C22H33NO5. The Bertz CT molecular complexity index is 622. The Morgan fingerprint density at radius 3 is 2.25 bits per heavy atom. The molecule has 2 atom stereocenters. The highest BCUT2D eigenvalue weighted by Crippen LogP contribution is 2.25. The van der Waals surface area contributed by atoms with E-state index in [2.05, 4.69) is 5.32 Å². The summed E-state index contributed by atoms with van der Waals surface area (Å²) >= 11 is 0. The van der Waals surface area contributed by atoms with Gasteiger partial charge in [0.2, 0.25) is 0 Å². The van der Waals surface area contributed by atoms with E-state index in [4.69, 9.17) is 4.74 Å². The Balaban J connectivity index is 1.93. The first-order valence-corrected chi connectivity index (χ1v) is 10.3. The number of ether oxygens (including phenoxy) is 1. The fourth-order valence-corrected chi connectivity index (χ4v) is 3.71. The maximum absolute atomic E-state index is 11.7. The highest BCUT2D eigenvalue weighted by molar-refractivity contribution is 5.77. The summed E-state index contributed by atoms with van der Waals surface area (Å²) < 4.78 is 5.87.